The topological polar surface area (TPSA) is 72.2 Å². The molecule has 24 heavy (non-hydrogen) atoms. The average Bonchev–Trinajstić information content (AvgIpc) is 2.92. The van der Waals surface area contributed by atoms with Crippen LogP contribution in [-0.2, 0) is 0 Å². The van der Waals surface area contributed by atoms with E-state index >= 15 is 0 Å². The fourth-order valence-electron chi connectivity index (χ4n) is 2.17. The van der Waals surface area contributed by atoms with Gasteiger partial charge in [0.15, 0.2) is 0 Å². The Labute approximate surface area is 144 Å². The predicted octanol–water partition coefficient (Wildman–Crippen LogP) is 3.69. The molecule has 2 aromatic heterocycles. The first-order chi connectivity index (χ1) is 11.3. The number of nitrogens with one attached hydrogen (secondary N) is 1. The van der Waals surface area contributed by atoms with Crippen LogP contribution in [0.2, 0.25) is 0 Å². The number of hydrogen-bond donors (Lipinski definition) is 1. The summed E-state index contributed by atoms with van der Waals surface area (Å²) in [5, 5.41) is 6.49. The fraction of sp³-hybridized carbons (Fsp3) is 0.200. The average molecular weight is 396 g/mol. The minimum absolute atomic E-state index is 0.0431. The molecule has 0 aliphatic rings. The molecule has 0 atom stereocenters. The van der Waals surface area contributed by atoms with Crippen molar-refractivity contribution in [3.05, 3.63) is 51.5 Å². The first kappa shape index (κ1) is 16.4. The third-order valence-electron chi connectivity index (χ3n) is 3.27. The van der Waals surface area contributed by atoms with Crippen molar-refractivity contribution in [2.45, 2.75) is 20.3 Å². The lowest BCUT2D eigenvalue weighted by Crippen LogP contribution is -2.14. The van der Waals surface area contributed by atoms with Crippen molar-refractivity contribution in [1.29, 1.82) is 0 Å². The van der Waals surface area contributed by atoms with E-state index < -0.39 is 12.3 Å². The zero-order valence-electron chi connectivity index (χ0n) is 12.7. The molecule has 0 saturated heterocycles. The predicted molar refractivity (Wildman–Crippen MR) is 87.3 cm³/mol. The van der Waals surface area contributed by atoms with Gasteiger partial charge in [-0.2, -0.15) is 9.50 Å². The van der Waals surface area contributed by atoms with Gasteiger partial charge in [0, 0.05) is 10.2 Å². The van der Waals surface area contributed by atoms with Crippen molar-refractivity contribution in [3.8, 4) is 0 Å². The number of alkyl halides is 2. The molecule has 0 bridgehead atoms. The van der Waals surface area contributed by atoms with Gasteiger partial charge in [0.1, 0.15) is 5.69 Å². The molecule has 0 radical (unpaired) electrons. The number of hydrogen-bond acceptors (Lipinski definition) is 4. The van der Waals surface area contributed by atoms with Crippen LogP contribution < -0.4 is 5.32 Å². The van der Waals surface area contributed by atoms with Gasteiger partial charge in [-0.05, 0) is 53.5 Å². The Bertz CT molecular complexity index is 941. The van der Waals surface area contributed by atoms with E-state index in [2.05, 4.69) is 36.3 Å². The summed E-state index contributed by atoms with van der Waals surface area (Å²) in [7, 11) is 0. The molecule has 6 nitrogen and oxygen atoms in total. The summed E-state index contributed by atoms with van der Waals surface area (Å²) in [4.78, 5) is 20.3. The highest BCUT2D eigenvalue weighted by Crippen LogP contribution is 2.24. The number of carbonyl (C=O) groups is 1. The van der Waals surface area contributed by atoms with E-state index in [9.17, 15) is 13.6 Å². The van der Waals surface area contributed by atoms with E-state index in [4.69, 9.17) is 0 Å². The molecule has 0 saturated carbocycles. The van der Waals surface area contributed by atoms with Gasteiger partial charge in [-0.15, -0.1) is 5.10 Å². The van der Waals surface area contributed by atoms with Crippen molar-refractivity contribution in [3.63, 3.8) is 0 Å². The number of amides is 1. The number of anilines is 1. The van der Waals surface area contributed by atoms with Crippen LogP contribution in [0.4, 0.5) is 14.5 Å². The summed E-state index contributed by atoms with van der Waals surface area (Å²) in [6, 6.07) is 6.61. The van der Waals surface area contributed by atoms with Gasteiger partial charge in [-0.1, -0.05) is 6.07 Å². The number of fused-ring (bicyclic) bond motifs is 1. The summed E-state index contributed by atoms with van der Waals surface area (Å²) >= 11 is 3.35. The smallest absolute Gasteiger partial charge is 0.295 e. The van der Waals surface area contributed by atoms with Gasteiger partial charge in [0.05, 0.1) is 5.69 Å². The molecule has 0 aliphatic heterocycles. The third-order valence-corrected chi connectivity index (χ3v) is 3.92. The largest absolute Gasteiger partial charge is 0.318 e. The number of carbonyl (C=O) groups excluding carboxylic acids is 1. The highest BCUT2D eigenvalue weighted by Gasteiger charge is 2.20. The van der Waals surface area contributed by atoms with Crippen molar-refractivity contribution in [2.75, 3.05) is 5.32 Å². The van der Waals surface area contributed by atoms with Gasteiger partial charge in [-0.25, -0.2) is 13.8 Å². The van der Waals surface area contributed by atoms with Crippen molar-refractivity contribution >= 4 is 33.3 Å². The number of halogens is 3. The van der Waals surface area contributed by atoms with Gasteiger partial charge >= 0.3 is 0 Å². The normalized spacial score (nSPS) is 11.2. The van der Waals surface area contributed by atoms with Crippen LogP contribution in [0, 0.1) is 13.8 Å². The Kier molecular flexibility index (Phi) is 4.27. The maximum absolute atomic E-state index is 13.1. The molecule has 0 fully saturated rings. The van der Waals surface area contributed by atoms with Crippen LogP contribution >= 0.6 is 15.9 Å². The van der Waals surface area contributed by atoms with Crippen LogP contribution in [0.25, 0.3) is 5.78 Å². The highest BCUT2D eigenvalue weighted by molar-refractivity contribution is 9.10. The summed E-state index contributed by atoms with van der Waals surface area (Å²) in [5.41, 5.74) is 1.56. The standard InChI is InChI=1S/C15H12BrF2N5O/c1-7-3-4-10(9(16)5-7)20-14(24)13-21-15-19-8(2)6-11(12(17)18)23(15)22-13/h3-6,12H,1-2H3,(H,20,24). The monoisotopic (exact) mass is 395 g/mol. The summed E-state index contributed by atoms with van der Waals surface area (Å²) in [6.45, 7) is 3.49. The van der Waals surface area contributed by atoms with Gasteiger partial charge in [0.2, 0.25) is 5.82 Å². The number of nitrogens with zero attached hydrogens (tertiary/aromatic N) is 4. The Hall–Kier alpha value is -2.42. The van der Waals surface area contributed by atoms with Crippen molar-refractivity contribution in [2.24, 2.45) is 0 Å². The fourth-order valence-corrected chi connectivity index (χ4v) is 2.76. The molecular formula is C15H12BrF2N5O. The molecule has 2 heterocycles. The molecule has 3 aromatic rings. The molecule has 1 amide bonds. The SMILES string of the molecule is Cc1ccc(NC(=O)c2nc3nc(C)cc(C(F)F)n3n2)c(Br)c1. The maximum Gasteiger partial charge on any atom is 0.295 e. The Balaban J connectivity index is 1.97. The summed E-state index contributed by atoms with van der Waals surface area (Å²) < 4.78 is 27.8. The molecule has 1 N–H and O–H groups in total. The Morgan fingerprint density at radius 1 is 1.25 bits per heavy atom. The van der Waals surface area contributed by atoms with Gasteiger partial charge < -0.3 is 5.32 Å². The lowest BCUT2D eigenvalue weighted by atomic mass is 10.2. The lowest BCUT2D eigenvalue weighted by molar-refractivity contribution is 0.101. The van der Waals surface area contributed by atoms with Crippen LogP contribution in [0.15, 0.2) is 28.7 Å². The molecule has 0 spiro atoms. The zero-order chi connectivity index (χ0) is 17.4. The first-order valence-electron chi connectivity index (χ1n) is 6.95. The van der Waals surface area contributed by atoms with Crippen molar-refractivity contribution < 1.29 is 13.6 Å². The molecule has 3 rings (SSSR count). The molecule has 0 unspecified atom stereocenters. The lowest BCUT2D eigenvalue weighted by Gasteiger charge is -2.06. The molecule has 124 valence electrons. The van der Waals surface area contributed by atoms with E-state index in [0.29, 0.717) is 15.9 Å². The Morgan fingerprint density at radius 2 is 2.00 bits per heavy atom. The first-order valence-corrected chi connectivity index (χ1v) is 7.74. The molecule has 0 aliphatic carbocycles. The Morgan fingerprint density at radius 3 is 2.67 bits per heavy atom. The highest BCUT2D eigenvalue weighted by atomic mass is 79.9. The van der Waals surface area contributed by atoms with Gasteiger partial charge in [0.25, 0.3) is 18.1 Å². The minimum atomic E-state index is -2.75. The van der Waals surface area contributed by atoms with E-state index in [1.165, 1.54) is 6.07 Å². The summed E-state index contributed by atoms with van der Waals surface area (Å²) in [5.74, 6) is -0.885. The quantitative estimate of drug-likeness (QED) is 0.733. The number of benzene rings is 1. The van der Waals surface area contributed by atoms with Gasteiger partial charge in [-0.3, -0.25) is 4.79 Å². The number of rotatable bonds is 3. The second kappa shape index (κ2) is 6.23. The maximum atomic E-state index is 13.1. The molecule has 1 aromatic carbocycles. The van der Waals surface area contributed by atoms with E-state index in [1.807, 2.05) is 19.1 Å². The van der Waals surface area contributed by atoms with E-state index in [1.54, 1.807) is 13.0 Å². The van der Waals surface area contributed by atoms with Crippen molar-refractivity contribution in [1.82, 2.24) is 19.6 Å². The van der Waals surface area contributed by atoms with Crippen LogP contribution in [0.3, 0.4) is 0 Å². The van der Waals surface area contributed by atoms with E-state index in [0.717, 1.165) is 10.1 Å². The van der Waals surface area contributed by atoms with Crippen LogP contribution in [-0.4, -0.2) is 25.5 Å². The van der Waals surface area contributed by atoms with E-state index in [-0.39, 0.29) is 17.3 Å². The second-order valence-electron chi connectivity index (χ2n) is 5.21. The summed E-state index contributed by atoms with van der Waals surface area (Å²) in [6.07, 6.45) is -2.75. The molecule has 9 heteroatoms. The number of aromatic nitrogens is 4. The van der Waals surface area contributed by atoms with Crippen LogP contribution in [0.5, 0.6) is 0 Å². The number of aryl methyl sites for hydroxylation is 2. The van der Waals surface area contributed by atoms with Crippen LogP contribution in [0.1, 0.15) is 34.0 Å². The third kappa shape index (κ3) is 3.12. The second-order valence-corrected chi connectivity index (χ2v) is 6.06. The minimum Gasteiger partial charge on any atom is -0.318 e. The zero-order valence-corrected chi connectivity index (χ0v) is 14.3. The molecular weight excluding hydrogens is 384 g/mol.